The summed E-state index contributed by atoms with van der Waals surface area (Å²) in [6, 6.07) is 12.9. The number of hydrogen-bond acceptors (Lipinski definition) is 3. The van der Waals surface area contributed by atoms with Gasteiger partial charge in [-0.25, -0.2) is 4.98 Å². The maximum atomic E-state index is 12.0. The number of rotatable bonds is 1. The fraction of sp³-hybridized carbons (Fsp3) is 0.200. The first-order valence-electron chi connectivity index (χ1n) is 8.94. The van der Waals surface area contributed by atoms with Crippen LogP contribution in [0.2, 0.25) is 5.15 Å². The molecule has 0 aliphatic carbocycles. The summed E-state index contributed by atoms with van der Waals surface area (Å²) in [5, 5.41) is 0.348. The van der Waals surface area contributed by atoms with Crippen molar-refractivity contribution < 1.29 is 30.9 Å². The lowest BCUT2D eigenvalue weighted by molar-refractivity contribution is -0.142. The van der Waals surface area contributed by atoms with Gasteiger partial charge in [-0.1, -0.05) is 29.8 Å². The molecule has 0 amide bonds. The first kappa shape index (κ1) is 30.0. The van der Waals surface area contributed by atoms with E-state index >= 15 is 0 Å². The van der Waals surface area contributed by atoms with Crippen molar-refractivity contribution in [2.24, 2.45) is 0 Å². The summed E-state index contributed by atoms with van der Waals surface area (Å²) in [5.41, 5.74) is -1.95. The van der Waals surface area contributed by atoms with Gasteiger partial charge in [0.15, 0.2) is 0 Å². The van der Waals surface area contributed by atoms with E-state index in [0.717, 1.165) is 18.2 Å². The first-order valence-corrected chi connectivity index (χ1v) is 12.8. The van der Waals surface area contributed by atoms with Crippen LogP contribution in [0.5, 0.6) is 0 Å². The van der Waals surface area contributed by atoms with Crippen LogP contribution in [-0.2, 0) is 16.9 Å². The normalized spacial score (nSPS) is 11.6. The third kappa shape index (κ3) is 11.0. The molecule has 0 aliphatic heterocycles. The van der Waals surface area contributed by atoms with Gasteiger partial charge in [0.1, 0.15) is 16.5 Å². The molecule has 3 rings (SSSR count). The highest BCUT2D eigenvalue weighted by atomic mass is 35.9. The maximum Gasteiger partial charge on any atom is 0.433 e. The van der Waals surface area contributed by atoms with Crippen LogP contribution < -0.4 is 10.9 Å². The van der Waals surface area contributed by atoms with Gasteiger partial charge in [-0.15, -0.1) is 0 Å². The van der Waals surface area contributed by atoms with Crippen molar-refractivity contribution in [3.8, 4) is 0 Å². The van der Waals surface area contributed by atoms with E-state index in [1.54, 1.807) is 29.2 Å². The molecule has 0 aliphatic rings. The molecule has 0 bridgehead atoms. The highest BCUT2D eigenvalue weighted by Crippen LogP contribution is 2.54. The van der Waals surface area contributed by atoms with Crippen LogP contribution in [0.25, 0.3) is 0 Å². The average molecular weight is 568 g/mol. The van der Waals surface area contributed by atoms with E-state index in [9.17, 15) is 35.7 Å². The number of aryl methyl sites for hydroxylation is 2. The van der Waals surface area contributed by atoms with Gasteiger partial charge in [0.05, 0.1) is 0 Å². The van der Waals surface area contributed by atoms with E-state index in [0.29, 0.717) is 16.4 Å². The number of halogens is 9. The van der Waals surface area contributed by atoms with Gasteiger partial charge in [0.2, 0.25) is 5.56 Å². The Morgan fingerprint density at radius 1 is 0.853 bits per heavy atom. The minimum atomic E-state index is -4.48. The number of hydrogen-bond donors (Lipinski definition) is 1. The fourth-order valence-electron chi connectivity index (χ4n) is 2.21. The van der Waals surface area contributed by atoms with Gasteiger partial charge in [-0.05, 0) is 77.8 Å². The quantitative estimate of drug-likeness (QED) is 0.186. The van der Waals surface area contributed by atoms with Gasteiger partial charge >= 0.3 is 12.4 Å². The lowest BCUT2D eigenvalue weighted by atomic mass is 10.2. The number of aromatic nitrogens is 2. The third-order valence-electron chi connectivity index (χ3n) is 3.58. The second-order valence-corrected chi connectivity index (χ2v) is 11.8. The van der Waals surface area contributed by atoms with Crippen LogP contribution in [-0.4, -0.2) is 9.97 Å². The van der Waals surface area contributed by atoms with Gasteiger partial charge in [-0.3, -0.25) is 9.36 Å². The van der Waals surface area contributed by atoms with Gasteiger partial charge in [-0.2, -0.15) is 26.3 Å². The zero-order valence-corrected chi connectivity index (χ0v) is 20.5. The van der Waals surface area contributed by atoms with Gasteiger partial charge < -0.3 is 4.98 Å². The van der Waals surface area contributed by atoms with Crippen LogP contribution >= 0.6 is 39.9 Å². The standard InChI is InChI=1S/C7H5ClF3N.C7H6F3NO.C6H5Cl2OP/c1-4-2-5(7(9,10)11)12-6(8)3-4;1-4-2-5(7(8,9)10)11-6(12)3-4;7-10(8,9)6-4-2-1-3-5-6/h2-3H,1H3;2-3H,1H3,(H,11,12);1-5H. The summed E-state index contributed by atoms with van der Waals surface area (Å²) in [7, 11) is 0. The Hall–Kier alpha value is -2.00. The molecular weight excluding hydrogens is 552 g/mol. The summed E-state index contributed by atoms with van der Waals surface area (Å²) in [5.74, 6) is -3.07. The molecule has 2 heterocycles. The van der Waals surface area contributed by atoms with E-state index in [4.69, 9.17) is 34.1 Å². The van der Waals surface area contributed by atoms with E-state index in [2.05, 4.69) is 4.98 Å². The molecule has 0 unspecified atom stereocenters. The molecule has 3 aromatic rings. The number of benzene rings is 1. The second kappa shape index (κ2) is 12.1. The summed E-state index contributed by atoms with van der Waals surface area (Å²) < 4.78 is 83.0. The number of H-pyrrole nitrogens is 1. The molecule has 0 saturated heterocycles. The minimum Gasteiger partial charge on any atom is -0.318 e. The highest BCUT2D eigenvalue weighted by molar-refractivity contribution is 8.13. The molecule has 34 heavy (non-hydrogen) atoms. The van der Waals surface area contributed by atoms with Gasteiger partial charge in [0.25, 0.3) is 5.85 Å². The van der Waals surface area contributed by atoms with Crippen LogP contribution in [0.1, 0.15) is 22.5 Å². The minimum absolute atomic E-state index is 0.137. The maximum absolute atomic E-state index is 12.0. The second-order valence-electron chi connectivity index (χ2n) is 6.58. The van der Waals surface area contributed by atoms with Crippen molar-refractivity contribution in [1.82, 2.24) is 9.97 Å². The van der Waals surface area contributed by atoms with Crippen molar-refractivity contribution in [3.63, 3.8) is 0 Å². The zero-order chi connectivity index (χ0) is 26.3. The first-order chi connectivity index (χ1) is 15.4. The van der Waals surface area contributed by atoms with E-state index in [1.807, 2.05) is 6.07 Å². The molecule has 0 atom stereocenters. The molecule has 0 saturated carbocycles. The van der Waals surface area contributed by atoms with Crippen molar-refractivity contribution in [2.75, 3.05) is 0 Å². The molecule has 4 nitrogen and oxygen atoms in total. The average Bonchev–Trinajstić information content (AvgIpc) is 2.66. The van der Waals surface area contributed by atoms with Crippen molar-refractivity contribution >= 4 is 45.2 Å². The van der Waals surface area contributed by atoms with Crippen molar-refractivity contribution in [3.05, 3.63) is 92.6 Å². The highest BCUT2D eigenvalue weighted by Gasteiger charge is 2.33. The largest absolute Gasteiger partial charge is 0.433 e. The number of nitrogens with one attached hydrogen (secondary N) is 1. The summed E-state index contributed by atoms with van der Waals surface area (Å²) in [6.07, 6.45) is -8.90. The van der Waals surface area contributed by atoms with E-state index < -0.39 is 35.1 Å². The molecule has 1 aromatic carbocycles. The van der Waals surface area contributed by atoms with Crippen LogP contribution in [0.4, 0.5) is 26.3 Å². The van der Waals surface area contributed by atoms with Crippen molar-refractivity contribution in [1.29, 1.82) is 0 Å². The molecule has 2 aromatic heterocycles. The van der Waals surface area contributed by atoms with Gasteiger partial charge in [0, 0.05) is 11.4 Å². The zero-order valence-electron chi connectivity index (χ0n) is 17.3. The molecular formula is C20H16Cl3F6N2O2P. The Kier molecular flexibility index (Phi) is 10.7. The lowest BCUT2D eigenvalue weighted by Crippen LogP contribution is -2.15. The number of nitrogens with zero attached hydrogens (tertiary/aromatic N) is 1. The summed E-state index contributed by atoms with van der Waals surface area (Å²) >= 11 is 16.1. The predicted molar refractivity (Wildman–Crippen MR) is 121 cm³/mol. The molecule has 0 radical (unpaired) electrons. The fourth-order valence-corrected chi connectivity index (χ4v) is 3.66. The summed E-state index contributed by atoms with van der Waals surface area (Å²) in [4.78, 5) is 15.5. The predicted octanol–water partition coefficient (Wildman–Crippen LogP) is 7.75. The van der Waals surface area contributed by atoms with Crippen LogP contribution in [0, 0.1) is 13.8 Å². The smallest absolute Gasteiger partial charge is 0.318 e. The van der Waals surface area contributed by atoms with Crippen molar-refractivity contribution in [2.45, 2.75) is 26.2 Å². The lowest BCUT2D eigenvalue weighted by Gasteiger charge is -2.06. The SMILES string of the molecule is Cc1cc(C(F)(F)F)[nH]c(=O)c1.Cc1cc(Cl)nc(C(F)(F)F)c1.O=P(Cl)(Cl)c1ccccc1. The molecule has 0 fully saturated rings. The third-order valence-corrected chi connectivity index (χ3v) is 5.84. The number of aromatic amines is 1. The molecule has 0 spiro atoms. The van der Waals surface area contributed by atoms with E-state index in [1.165, 1.54) is 19.9 Å². The van der Waals surface area contributed by atoms with Crippen LogP contribution in [0.3, 0.4) is 0 Å². The monoisotopic (exact) mass is 566 g/mol. The topological polar surface area (TPSA) is 62.8 Å². The Bertz CT molecular complexity index is 1180. The molecule has 186 valence electrons. The molecule has 1 N–H and O–H groups in total. The van der Waals surface area contributed by atoms with Crippen LogP contribution in [0.15, 0.2) is 59.4 Å². The number of pyridine rings is 2. The Morgan fingerprint density at radius 3 is 1.76 bits per heavy atom. The Balaban J connectivity index is 0.000000256. The summed E-state index contributed by atoms with van der Waals surface area (Å²) in [6.45, 7) is 2.97. The molecule has 14 heteroatoms. The van der Waals surface area contributed by atoms with E-state index in [-0.39, 0.29) is 5.15 Å². The Morgan fingerprint density at radius 2 is 1.38 bits per heavy atom. The Labute approximate surface area is 204 Å². The number of alkyl halides is 6.